The molecule has 1 aromatic carbocycles. The number of carbonyl (C=O) groups is 1. The van der Waals surface area contributed by atoms with E-state index in [2.05, 4.69) is 32.9 Å². The third kappa shape index (κ3) is 4.22. The van der Waals surface area contributed by atoms with E-state index < -0.39 is 11.6 Å². The van der Waals surface area contributed by atoms with E-state index in [9.17, 15) is 4.79 Å². The highest BCUT2D eigenvalue weighted by Crippen LogP contribution is 2.64. The highest BCUT2D eigenvalue weighted by molar-refractivity contribution is 5.72. The molecule has 4 bridgehead atoms. The molecule has 1 aliphatic heterocycles. The van der Waals surface area contributed by atoms with E-state index in [1.54, 1.807) is 0 Å². The van der Waals surface area contributed by atoms with E-state index in [0.29, 0.717) is 29.9 Å². The Hall–Kier alpha value is -1.43. The smallest absolute Gasteiger partial charge is 0.311 e. The molecule has 5 aliphatic carbocycles. The molecule has 1 heterocycles. The number of hydrogen-bond donors (Lipinski definition) is 0. The summed E-state index contributed by atoms with van der Waals surface area (Å²) in [6, 6.07) is 8.06. The van der Waals surface area contributed by atoms with E-state index in [1.807, 2.05) is 12.1 Å². The Morgan fingerprint density at radius 3 is 2.32 bits per heavy atom. The third-order valence-electron chi connectivity index (χ3n) is 9.28. The minimum Gasteiger partial charge on any atom is -0.427 e. The Kier molecular flexibility index (Phi) is 5.62. The highest BCUT2D eigenvalue weighted by Gasteiger charge is 2.67. The Morgan fingerprint density at radius 2 is 1.68 bits per heavy atom. The first-order valence-corrected chi connectivity index (χ1v) is 13.6. The van der Waals surface area contributed by atoms with Crippen molar-refractivity contribution in [2.24, 2.45) is 29.1 Å². The lowest BCUT2D eigenvalue weighted by molar-refractivity contribution is -0.390. The molecule has 186 valence electrons. The van der Waals surface area contributed by atoms with Crippen LogP contribution in [0.15, 0.2) is 24.3 Å². The lowest BCUT2D eigenvalue weighted by Crippen LogP contribution is -2.59. The average Bonchev–Trinajstić information content (AvgIpc) is 3.15. The molecule has 0 amide bonds. The van der Waals surface area contributed by atoms with Crippen LogP contribution in [0.3, 0.4) is 0 Å². The van der Waals surface area contributed by atoms with Crippen LogP contribution in [-0.2, 0) is 19.3 Å². The molecule has 0 radical (unpaired) electrons. The van der Waals surface area contributed by atoms with Crippen LogP contribution in [0.5, 0.6) is 5.75 Å². The van der Waals surface area contributed by atoms with Gasteiger partial charge in [-0.3, -0.25) is 4.79 Å². The summed E-state index contributed by atoms with van der Waals surface area (Å²) in [5.74, 6) is 2.44. The topological polar surface area (TPSA) is 54.0 Å². The van der Waals surface area contributed by atoms with Gasteiger partial charge in [0, 0.05) is 31.1 Å². The molecule has 2 spiro atoms. The van der Waals surface area contributed by atoms with Crippen molar-refractivity contribution >= 4 is 5.97 Å². The number of ether oxygens (including phenoxy) is 2. The SMILES string of the molecule is CC(C)(C)CCC(=O)Oc1ccc([C@@H]2CCC[C@]3(C2)OOC2(O3)C3CC4CC(C3)CC2C4)cc1. The molecule has 0 N–H and O–H groups in total. The summed E-state index contributed by atoms with van der Waals surface area (Å²) in [6.07, 6.45) is 11.6. The molecule has 1 aromatic rings. The lowest BCUT2D eigenvalue weighted by atomic mass is 9.53. The van der Waals surface area contributed by atoms with Crippen LogP contribution in [0.2, 0.25) is 0 Å². The van der Waals surface area contributed by atoms with Gasteiger partial charge in [0.05, 0.1) is 0 Å². The van der Waals surface area contributed by atoms with Crippen LogP contribution in [0.4, 0.5) is 0 Å². The van der Waals surface area contributed by atoms with Crippen molar-refractivity contribution in [2.45, 2.75) is 109 Å². The van der Waals surface area contributed by atoms with E-state index in [4.69, 9.17) is 19.2 Å². The lowest BCUT2D eigenvalue weighted by Gasteiger charge is -2.57. The monoisotopic (exact) mass is 468 g/mol. The summed E-state index contributed by atoms with van der Waals surface area (Å²) in [5.41, 5.74) is 1.38. The number of benzene rings is 1. The van der Waals surface area contributed by atoms with Crippen LogP contribution in [0, 0.1) is 29.1 Å². The van der Waals surface area contributed by atoms with E-state index in [1.165, 1.54) is 37.7 Å². The Bertz CT molecular complexity index is 887. The van der Waals surface area contributed by atoms with Gasteiger partial charge in [0.1, 0.15) is 5.75 Å². The van der Waals surface area contributed by atoms with Gasteiger partial charge in [-0.1, -0.05) is 32.9 Å². The summed E-state index contributed by atoms with van der Waals surface area (Å²) < 4.78 is 12.5. The molecule has 34 heavy (non-hydrogen) atoms. The predicted molar refractivity (Wildman–Crippen MR) is 128 cm³/mol. The van der Waals surface area contributed by atoms with Gasteiger partial charge < -0.3 is 9.47 Å². The fraction of sp³-hybridized carbons (Fsp3) is 0.759. The van der Waals surface area contributed by atoms with Crippen molar-refractivity contribution in [3.8, 4) is 5.75 Å². The van der Waals surface area contributed by atoms with Crippen molar-refractivity contribution in [2.75, 3.05) is 0 Å². The molecule has 5 saturated carbocycles. The Morgan fingerprint density at radius 1 is 1.00 bits per heavy atom. The van der Waals surface area contributed by atoms with E-state index in [-0.39, 0.29) is 11.4 Å². The second-order valence-corrected chi connectivity index (χ2v) is 13.1. The zero-order valence-electron chi connectivity index (χ0n) is 21.0. The normalized spacial score (nSPS) is 40.9. The molecule has 5 nitrogen and oxygen atoms in total. The molecule has 1 saturated heterocycles. The largest absolute Gasteiger partial charge is 0.427 e. The quantitative estimate of drug-likeness (QED) is 0.273. The first-order valence-electron chi connectivity index (χ1n) is 13.6. The summed E-state index contributed by atoms with van der Waals surface area (Å²) in [7, 11) is 0. The maximum absolute atomic E-state index is 12.2. The predicted octanol–water partition coefficient (Wildman–Crippen LogP) is 6.90. The van der Waals surface area contributed by atoms with Gasteiger partial charge in [0.15, 0.2) is 0 Å². The van der Waals surface area contributed by atoms with Gasteiger partial charge in [-0.2, -0.15) is 9.78 Å². The zero-order chi connectivity index (χ0) is 23.6. The number of carbonyl (C=O) groups excluding carboxylic acids is 1. The van der Waals surface area contributed by atoms with Gasteiger partial charge >= 0.3 is 5.97 Å². The summed E-state index contributed by atoms with van der Waals surface area (Å²) in [4.78, 5) is 24.6. The molecule has 7 rings (SSSR count). The van der Waals surface area contributed by atoms with Crippen molar-refractivity contribution in [1.29, 1.82) is 0 Å². The third-order valence-corrected chi connectivity index (χ3v) is 9.28. The number of esters is 1. The zero-order valence-corrected chi connectivity index (χ0v) is 21.0. The fourth-order valence-corrected chi connectivity index (χ4v) is 7.73. The van der Waals surface area contributed by atoms with Gasteiger partial charge in [-0.05, 0) is 92.2 Å². The van der Waals surface area contributed by atoms with Crippen molar-refractivity contribution < 1.29 is 24.0 Å². The Balaban J connectivity index is 1.10. The van der Waals surface area contributed by atoms with Crippen molar-refractivity contribution in [3.63, 3.8) is 0 Å². The molecular weight excluding hydrogens is 428 g/mol. The van der Waals surface area contributed by atoms with Crippen LogP contribution in [0.1, 0.15) is 103 Å². The highest BCUT2D eigenvalue weighted by atomic mass is 17.3. The molecule has 6 fully saturated rings. The van der Waals surface area contributed by atoms with Gasteiger partial charge in [-0.15, -0.1) is 0 Å². The van der Waals surface area contributed by atoms with Gasteiger partial charge in [0.25, 0.3) is 0 Å². The minimum absolute atomic E-state index is 0.128. The summed E-state index contributed by atoms with van der Waals surface area (Å²) in [6.45, 7) is 6.42. The molecule has 5 heteroatoms. The van der Waals surface area contributed by atoms with Crippen LogP contribution < -0.4 is 4.74 Å². The molecule has 2 atom stereocenters. The molecular formula is C29H40O5. The summed E-state index contributed by atoms with van der Waals surface area (Å²) >= 11 is 0. The van der Waals surface area contributed by atoms with Gasteiger partial charge in [0.2, 0.25) is 11.6 Å². The van der Waals surface area contributed by atoms with Crippen LogP contribution in [-0.4, -0.2) is 17.5 Å². The van der Waals surface area contributed by atoms with Crippen molar-refractivity contribution in [1.82, 2.24) is 0 Å². The molecule has 0 unspecified atom stereocenters. The first-order chi connectivity index (χ1) is 16.2. The standard InChI is InChI=1S/C29H40O5/c1-27(2,3)12-10-26(30)31-25-8-6-21(7-9-25)22-5-4-11-28(18-22)32-29(34-33-28)23-14-19-13-20(16-23)17-24(29)15-19/h6-9,19-20,22-24H,4-5,10-18H2,1-3H3/t19?,20?,22-,23?,24?,28-,29?/m1/s1. The average molecular weight is 469 g/mol. The number of rotatable bonds is 4. The van der Waals surface area contributed by atoms with Gasteiger partial charge in [-0.25, -0.2) is 0 Å². The van der Waals surface area contributed by atoms with Crippen molar-refractivity contribution in [3.05, 3.63) is 29.8 Å². The maximum atomic E-state index is 12.2. The summed E-state index contributed by atoms with van der Waals surface area (Å²) in [5, 5.41) is 0. The second kappa shape index (κ2) is 8.31. The van der Waals surface area contributed by atoms with E-state index >= 15 is 0 Å². The second-order valence-electron chi connectivity index (χ2n) is 13.1. The minimum atomic E-state index is -0.615. The van der Waals surface area contributed by atoms with Crippen LogP contribution >= 0.6 is 0 Å². The Labute approximate surface area is 203 Å². The van der Waals surface area contributed by atoms with E-state index in [0.717, 1.165) is 43.9 Å². The number of hydrogen-bond acceptors (Lipinski definition) is 5. The fourth-order valence-electron chi connectivity index (χ4n) is 7.73. The molecule has 6 aliphatic rings. The maximum Gasteiger partial charge on any atom is 0.311 e. The first kappa shape index (κ1) is 23.0. The van der Waals surface area contributed by atoms with Crippen LogP contribution in [0.25, 0.3) is 0 Å². The molecule has 0 aromatic heterocycles.